The van der Waals surface area contributed by atoms with Gasteiger partial charge in [0.2, 0.25) is 0 Å². The Kier molecular flexibility index (Phi) is 3.98. The molecule has 0 N–H and O–H groups in total. The fourth-order valence-electron chi connectivity index (χ4n) is 2.36. The summed E-state index contributed by atoms with van der Waals surface area (Å²) in [6.45, 7) is 0. The topological polar surface area (TPSA) is 99.2 Å². The fourth-order valence-corrected chi connectivity index (χ4v) is 2.36. The standard InChI is InChI=1S/C17H11N3O4/c21-19(22)15-6-2-1-4-12(15)8-10-14-11-9-13-5-3-7-16(20(23)24)17(13)18-14/h1-11H. The van der Waals surface area contributed by atoms with Gasteiger partial charge in [-0.2, -0.15) is 0 Å². The molecule has 24 heavy (non-hydrogen) atoms. The Balaban J connectivity index is 2.04. The molecule has 3 rings (SSSR count). The van der Waals surface area contributed by atoms with Crippen LogP contribution >= 0.6 is 0 Å². The molecule has 0 aliphatic carbocycles. The summed E-state index contributed by atoms with van der Waals surface area (Å²) in [4.78, 5) is 25.5. The molecule has 0 saturated heterocycles. The molecule has 7 nitrogen and oxygen atoms in total. The van der Waals surface area contributed by atoms with Gasteiger partial charge in [-0.3, -0.25) is 20.2 Å². The van der Waals surface area contributed by atoms with Crippen molar-refractivity contribution >= 4 is 34.4 Å². The van der Waals surface area contributed by atoms with Gasteiger partial charge in [-0.25, -0.2) is 4.98 Å². The van der Waals surface area contributed by atoms with Crippen molar-refractivity contribution in [3.05, 3.63) is 86.1 Å². The Bertz CT molecular complexity index is 982. The van der Waals surface area contributed by atoms with Crippen LogP contribution in [0.3, 0.4) is 0 Å². The van der Waals surface area contributed by atoms with Gasteiger partial charge in [-0.15, -0.1) is 0 Å². The second-order valence-corrected chi connectivity index (χ2v) is 4.99. The third kappa shape index (κ3) is 2.95. The van der Waals surface area contributed by atoms with Crippen LogP contribution in [0.2, 0.25) is 0 Å². The van der Waals surface area contributed by atoms with Gasteiger partial charge in [0.05, 0.1) is 21.1 Å². The van der Waals surface area contributed by atoms with E-state index < -0.39 is 9.85 Å². The summed E-state index contributed by atoms with van der Waals surface area (Å²) in [6, 6.07) is 14.5. The maximum atomic E-state index is 11.1. The smallest absolute Gasteiger partial charge is 0.258 e. The van der Waals surface area contributed by atoms with E-state index in [1.807, 2.05) is 0 Å². The van der Waals surface area contributed by atoms with E-state index in [-0.39, 0.29) is 16.9 Å². The predicted molar refractivity (Wildman–Crippen MR) is 90.4 cm³/mol. The normalized spacial score (nSPS) is 11.0. The molecule has 0 fully saturated rings. The average molecular weight is 321 g/mol. The van der Waals surface area contributed by atoms with Crippen molar-refractivity contribution < 1.29 is 9.85 Å². The number of aromatic nitrogens is 1. The summed E-state index contributed by atoms with van der Waals surface area (Å²) in [5.41, 5.74) is 1.11. The maximum absolute atomic E-state index is 11.1. The minimum atomic E-state index is -0.481. The van der Waals surface area contributed by atoms with E-state index in [1.165, 1.54) is 12.1 Å². The summed E-state index contributed by atoms with van der Waals surface area (Å²) in [5, 5.41) is 22.8. The zero-order valence-electron chi connectivity index (χ0n) is 12.3. The Morgan fingerprint density at radius 1 is 0.792 bits per heavy atom. The summed E-state index contributed by atoms with van der Waals surface area (Å²) >= 11 is 0. The number of hydrogen-bond acceptors (Lipinski definition) is 5. The molecule has 118 valence electrons. The molecule has 1 aromatic heterocycles. The molecule has 0 bridgehead atoms. The molecule has 0 radical (unpaired) electrons. The van der Waals surface area contributed by atoms with E-state index in [9.17, 15) is 20.2 Å². The Hall–Kier alpha value is -3.61. The average Bonchev–Trinajstić information content (AvgIpc) is 2.59. The zero-order chi connectivity index (χ0) is 17.1. The highest BCUT2D eigenvalue weighted by Crippen LogP contribution is 2.25. The molecule has 0 aliphatic rings. The van der Waals surface area contributed by atoms with Crippen molar-refractivity contribution in [1.82, 2.24) is 4.98 Å². The molecule has 2 aromatic carbocycles. The van der Waals surface area contributed by atoms with Gasteiger partial charge in [0.1, 0.15) is 5.52 Å². The molecular weight excluding hydrogens is 310 g/mol. The second-order valence-electron chi connectivity index (χ2n) is 4.99. The predicted octanol–water partition coefficient (Wildman–Crippen LogP) is 4.22. The number of fused-ring (bicyclic) bond motifs is 1. The van der Waals surface area contributed by atoms with Crippen molar-refractivity contribution in [3.63, 3.8) is 0 Å². The Morgan fingerprint density at radius 2 is 1.50 bits per heavy atom. The Morgan fingerprint density at radius 3 is 2.25 bits per heavy atom. The SMILES string of the molecule is O=[N+]([O-])c1ccccc1C=Cc1ccc2cccc([N+](=O)[O-])c2n1. The van der Waals surface area contributed by atoms with Crippen LogP contribution in [0, 0.1) is 20.2 Å². The van der Waals surface area contributed by atoms with Crippen LogP contribution < -0.4 is 0 Å². The highest BCUT2D eigenvalue weighted by Gasteiger charge is 2.13. The van der Waals surface area contributed by atoms with Gasteiger partial charge in [0.15, 0.2) is 0 Å². The molecular formula is C17H11N3O4. The minimum Gasteiger partial charge on any atom is -0.258 e. The first-order valence-electron chi connectivity index (χ1n) is 7.02. The minimum absolute atomic E-state index is 0.0134. The molecule has 0 saturated carbocycles. The lowest BCUT2D eigenvalue weighted by molar-refractivity contribution is -0.385. The number of nitro benzene ring substituents is 2. The van der Waals surface area contributed by atoms with Crippen molar-refractivity contribution in [1.29, 1.82) is 0 Å². The number of benzene rings is 2. The summed E-state index contributed by atoms with van der Waals surface area (Å²) in [5.74, 6) is 0. The number of hydrogen-bond donors (Lipinski definition) is 0. The molecule has 0 atom stereocenters. The summed E-state index contributed by atoms with van der Waals surface area (Å²) < 4.78 is 0. The molecule has 3 aromatic rings. The van der Waals surface area contributed by atoms with Crippen LogP contribution in [0.5, 0.6) is 0 Å². The third-order valence-corrected chi connectivity index (χ3v) is 3.48. The monoisotopic (exact) mass is 321 g/mol. The number of nitro groups is 2. The van der Waals surface area contributed by atoms with Gasteiger partial charge in [-0.05, 0) is 24.3 Å². The van der Waals surface area contributed by atoms with Crippen molar-refractivity contribution in [2.45, 2.75) is 0 Å². The van der Waals surface area contributed by atoms with Crippen LogP contribution in [-0.2, 0) is 0 Å². The van der Waals surface area contributed by atoms with Gasteiger partial charge in [-0.1, -0.05) is 30.3 Å². The van der Waals surface area contributed by atoms with E-state index in [0.29, 0.717) is 16.6 Å². The molecule has 1 heterocycles. The zero-order valence-corrected chi connectivity index (χ0v) is 12.3. The summed E-state index contributed by atoms with van der Waals surface area (Å²) in [7, 11) is 0. The lowest BCUT2D eigenvalue weighted by Gasteiger charge is -2.01. The highest BCUT2D eigenvalue weighted by atomic mass is 16.6. The van der Waals surface area contributed by atoms with Gasteiger partial charge >= 0.3 is 0 Å². The quantitative estimate of drug-likeness (QED) is 0.529. The van der Waals surface area contributed by atoms with Crippen molar-refractivity contribution in [2.75, 3.05) is 0 Å². The summed E-state index contributed by atoms with van der Waals surface area (Å²) in [6.07, 6.45) is 3.17. The maximum Gasteiger partial charge on any atom is 0.295 e. The van der Waals surface area contributed by atoms with Crippen molar-refractivity contribution in [3.8, 4) is 0 Å². The van der Waals surface area contributed by atoms with E-state index in [1.54, 1.807) is 54.6 Å². The molecule has 0 aliphatic heterocycles. The van der Waals surface area contributed by atoms with E-state index in [4.69, 9.17) is 0 Å². The number of rotatable bonds is 4. The number of nitrogens with zero attached hydrogens (tertiary/aromatic N) is 3. The molecule has 0 amide bonds. The fraction of sp³-hybridized carbons (Fsp3) is 0. The first-order chi connectivity index (χ1) is 11.6. The van der Waals surface area contributed by atoms with E-state index in [0.717, 1.165) is 0 Å². The lowest BCUT2D eigenvalue weighted by atomic mass is 10.1. The van der Waals surface area contributed by atoms with Crippen LogP contribution in [0.15, 0.2) is 54.6 Å². The molecule has 0 unspecified atom stereocenters. The number of non-ortho nitro benzene ring substituents is 1. The van der Waals surface area contributed by atoms with E-state index >= 15 is 0 Å². The van der Waals surface area contributed by atoms with E-state index in [2.05, 4.69) is 4.98 Å². The first-order valence-corrected chi connectivity index (χ1v) is 7.02. The highest BCUT2D eigenvalue weighted by molar-refractivity contribution is 5.88. The van der Waals surface area contributed by atoms with Crippen LogP contribution in [0.1, 0.15) is 11.3 Å². The van der Waals surface area contributed by atoms with Gasteiger partial charge in [0.25, 0.3) is 11.4 Å². The molecule has 7 heteroatoms. The number of para-hydroxylation sites is 2. The van der Waals surface area contributed by atoms with Crippen LogP contribution in [0.25, 0.3) is 23.1 Å². The van der Waals surface area contributed by atoms with Gasteiger partial charge in [0, 0.05) is 17.5 Å². The third-order valence-electron chi connectivity index (χ3n) is 3.48. The molecule has 0 spiro atoms. The Labute approximate surface area is 136 Å². The largest absolute Gasteiger partial charge is 0.295 e. The van der Waals surface area contributed by atoms with Gasteiger partial charge < -0.3 is 0 Å². The van der Waals surface area contributed by atoms with Crippen LogP contribution in [-0.4, -0.2) is 14.8 Å². The first kappa shape index (κ1) is 15.3. The van der Waals surface area contributed by atoms with Crippen molar-refractivity contribution in [2.24, 2.45) is 0 Å². The second kappa shape index (κ2) is 6.25. The lowest BCUT2D eigenvalue weighted by Crippen LogP contribution is -1.93. The van der Waals surface area contributed by atoms with Crippen LogP contribution in [0.4, 0.5) is 11.4 Å². The number of pyridine rings is 1.